The van der Waals surface area contributed by atoms with E-state index in [0.29, 0.717) is 28.3 Å². The van der Waals surface area contributed by atoms with Crippen molar-refractivity contribution in [1.29, 1.82) is 0 Å². The Labute approximate surface area is 219 Å². The van der Waals surface area contributed by atoms with Gasteiger partial charge in [0.15, 0.2) is 4.80 Å². The van der Waals surface area contributed by atoms with Gasteiger partial charge in [-0.15, -0.1) is 0 Å². The molecule has 11 heteroatoms. The lowest BCUT2D eigenvalue weighted by Gasteiger charge is -2.24. The van der Waals surface area contributed by atoms with Crippen molar-refractivity contribution in [2.24, 2.45) is 4.99 Å². The molecule has 0 saturated heterocycles. The summed E-state index contributed by atoms with van der Waals surface area (Å²) >= 11 is 1.01. The standard InChI is InChI=1S/C27H21N3O7S/c1-13-20(26(35)36-4)22(16-9-11-17(12-10-16)37-15(3)32)30-25(34)23(38-27(30)28-13)21-18-7-5-6-8-19(18)29(14(2)31)24(21)33/h5-12,22H,1-4H3/t22-/m1/s1. The van der Waals surface area contributed by atoms with Gasteiger partial charge in [-0.1, -0.05) is 41.7 Å². The fourth-order valence-corrected chi connectivity index (χ4v) is 5.83. The van der Waals surface area contributed by atoms with E-state index >= 15 is 0 Å². The second-order valence-electron chi connectivity index (χ2n) is 8.61. The maximum atomic E-state index is 14.0. The molecule has 10 nitrogen and oxygen atoms in total. The van der Waals surface area contributed by atoms with E-state index in [0.717, 1.165) is 16.2 Å². The third-order valence-electron chi connectivity index (χ3n) is 6.23. The molecule has 2 aliphatic heterocycles. The van der Waals surface area contributed by atoms with Gasteiger partial charge in [-0.2, -0.15) is 0 Å². The van der Waals surface area contributed by atoms with E-state index in [-0.39, 0.29) is 20.5 Å². The predicted molar refractivity (Wildman–Crippen MR) is 137 cm³/mol. The molecule has 0 bridgehead atoms. The highest BCUT2D eigenvalue weighted by Crippen LogP contribution is 2.36. The number of methoxy groups -OCH3 is 1. The summed E-state index contributed by atoms with van der Waals surface area (Å²) in [6, 6.07) is 12.2. The molecule has 0 N–H and O–H groups in total. The van der Waals surface area contributed by atoms with E-state index in [2.05, 4.69) is 4.99 Å². The van der Waals surface area contributed by atoms with Crippen LogP contribution >= 0.6 is 11.3 Å². The first-order chi connectivity index (χ1) is 18.1. The second-order valence-corrected chi connectivity index (χ2v) is 9.59. The number of allylic oxidation sites excluding steroid dienone is 1. The van der Waals surface area contributed by atoms with Crippen LogP contribution in [0.15, 0.2) is 69.6 Å². The molecule has 0 unspecified atom stereocenters. The molecule has 38 heavy (non-hydrogen) atoms. The zero-order chi connectivity index (χ0) is 27.3. The molecule has 3 heterocycles. The minimum atomic E-state index is -0.921. The number of aromatic nitrogens is 1. The number of anilines is 1. The number of hydrogen-bond donors (Lipinski definition) is 0. The number of benzene rings is 2. The molecule has 2 aromatic carbocycles. The van der Waals surface area contributed by atoms with Crippen LogP contribution in [0, 0.1) is 0 Å². The fraction of sp³-hybridized carbons (Fsp3) is 0.185. The number of hydrogen-bond acceptors (Lipinski definition) is 9. The van der Waals surface area contributed by atoms with Gasteiger partial charge in [0.25, 0.3) is 11.5 Å². The number of nitrogens with zero attached hydrogens (tertiary/aromatic N) is 3. The van der Waals surface area contributed by atoms with Gasteiger partial charge in [-0.3, -0.25) is 23.7 Å². The smallest absolute Gasteiger partial charge is 0.338 e. The van der Waals surface area contributed by atoms with Gasteiger partial charge in [0.2, 0.25) is 5.91 Å². The number of esters is 2. The van der Waals surface area contributed by atoms with Gasteiger partial charge in [0, 0.05) is 19.4 Å². The number of ether oxygens (including phenoxy) is 2. The van der Waals surface area contributed by atoms with Gasteiger partial charge in [-0.05, 0) is 30.7 Å². The molecule has 1 atom stereocenters. The Kier molecular flexibility index (Phi) is 6.15. The molecule has 1 aromatic heterocycles. The average molecular weight is 532 g/mol. The summed E-state index contributed by atoms with van der Waals surface area (Å²) in [4.78, 5) is 69.7. The number of fused-ring (bicyclic) bond motifs is 2. The molecule has 192 valence electrons. The maximum Gasteiger partial charge on any atom is 0.338 e. The lowest BCUT2D eigenvalue weighted by atomic mass is 9.96. The summed E-state index contributed by atoms with van der Waals surface area (Å²) in [6.07, 6.45) is 0. The van der Waals surface area contributed by atoms with E-state index in [4.69, 9.17) is 9.47 Å². The van der Waals surface area contributed by atoms with Crippen LogP contribution in [0.3, 0.4) is 0 Å². The van der Waals surface area contributed by atoms with Crippen LogP contribution in [0.25, 0.3) is 5.57 Å². The Balaban J connectivity index is 1.79. The van der Waals surface area contributed by atoms with Gasteiger partial charge in [0.1, 0.15) is 10.3 Å². The maximum absolute atomic E-state index is 14.0. The Hall–Kier alpha value is -4.64. The summed E-state index contributed by atoms with van der Waals surface area (Å²) in [5.41, 5.74) is 1.47. The van der Waals surface area contributed by atoms with Crippen molar-refractivity contribution in [3.63, 3.8) is 0 Å². The van der Waals surface area contributed by atoms with E-state index in [9.17, 15) is 24.0 Å². The van der Waals surface area contributed by atoms with Crippen molar-refractivity contribution in [3.8, 4) is 5.75 Å². The number of thiazole rings is 1. The van der Waals surface area contributed by atoms with Crippen LogP contribution in [0.2, 0.25) is 0 Å². The van der Waals surface area contributed by atoms with Crippen LogP contribution in [0.4, 0.5) is 5.69 Å². The molecule has 0 spiro atoms. The Morgan fingerprint density at radius 3 is 2.32 bits per heavy atom. The Bertz CT molecular complexity index is 1760. The van der Waals surface area contributed by atoms with Crippen molar-refractivity contribution in [1.82, 2.24) is 4.57 Å². The molecular formula is C27H21N3O7S. The summed E-state index contributed by atoms with van der Waals surface area (Å²) in [6.45, 7) is 4.20. The molecule has 3 aromatic rings. The van der Waals surface area contributed by atoms with Crippen molar-refractivity contribution in [2.45, 2.75) is 26.8 Å². The number of imide groups is 1. The molecular weight excluding hydrogens is 510 g/mol. The fourth-order valence-electron chi connectivity index (χ4n) is 4.69. The quantitative estimate of drug-likeness (QED) is 0.371. The van der Waals surface area contributed by atoms with E-state index in [1.54, 1.807) is 55.5 Å². The molecule has 0 saturated carbocycles. The van der Waals surface area contributed by atoms with Crippen molar-refractivity contribution in [3.05, 3.63) is 90.6 Å². The highest BCUT2D eigenvalue weighted by Gasteiger charge is 2.38. The number of amides is 2. The lowest BCUT2D eigenvalue weighted by Crippen LogP contribution is -2.41. The third kappa shape index (κ3) is 3.88. The van der Waals surface area contributed by atoms with Crippen molar-refractivity contribution >= 4 is 46.4 Å². The van der Waals surface area contributed by atoms with E-state index in [1.165, 1.54) is 25.5 Å². The van der Waals surface area contributed by atoms with Crippen LogP contribution < -0.4 is 24.5 Å². The summed E-state index contributed by atoms with van der Waals surface area (Å²) in [5.74, 6) is -1.92. The van der Waals surface area contributed by atoms with Crippen molar-refractivity contribution < 1.29 is 28.7 Å². The molecule has 0 radical (unpaired) electrons. The first-order valence-corrected chi connectivity index (χ1v) is 12.3. The predicted octanol–water partition coefficient (Wildman–Crippen LogP) is 1.60. The second kappa shape index (κ2) is 9.34. The highest BCUT2D eigenvalue weighted by atomic mass is 32.1. The number of carbonyl (C=O) groups excluding carboxylic acids is 4. The first kappa shape index (κ1) is 25.0. The highest BCUT2D eigenvalue weighted by molar-refractivity contribution is 7.07. The first-order valence-electron chi connectivity index (χ1n) is 11.5. The van der Waals surface area contributed by atoms with Gasteiger partial charge in [0.05, 0.1) is 35.7 Å². The normalized spacial score (nSPS) is 17.5. The molecule has 2 aliphatic rings. The minimum absolute atomic E-state index is 0.101. The van der Waals surface area contributed by atoms with Crippen molar-refractivity contribution in [2.75, 3.05) is 12.0 Å². The van der Waals surface area contributed by atoms with Gasteiger partial charge >= 0.3 is 11.9 Å². The minimum Gasteiger partial charge on any atom is -0.466 e. The van der Waals surface area contributed by atoms with Gasteiger partial charge < -0.3 is 9.47 Å². The molecule has 2 amide bonds. The van der Waals surface area contributed by atoms with Gasteiger partial charge in [-0.25, -0.2) is 14.7 Å². The third-order valence-corrected chi connectivity index (χ3v) is 7.29. The zero-order valence-corrected chi connectivity index (χ0v) is 21.6. The number of rotatable bonds is 3. The lowest BCUT2D eigenvalue weighted by molar-refractivity contribution is -0.136. The van der Waals surface area contributed by atoms with Crippen LogP contribution in [-0.4, -0.2) is 35.4 Å². The van der Waals surface area contributed by atoms with Crippen LogP contribution in [-0.2, 0) is 23.9 Å². The number of para-hydroxylation sites is 1. The Morgan fingerprint density at radius 2 is 1.68 bits per heavy atom. The largest absolute Gasteiger partial charge is 0.466 e. The summed E-state index contributed by atoms with van der Waals surface area (Å²) in [5, 5.41) is 0. The van der Waals surface area contributed by atoms with E-state index < -0.39 is 35.4 Å². The van der Waals surface area contributed by atoms with Crippen LogP contribution in [0.5, 0.6) is 5.75 Å². The summed E-state index contributed by atoms with van der Waals surface area (Å²) < 4.78 is 11.6. The van der Waals surface area contributed by atoms with Crippen LogP contribution in [0.1, 0.15) is 37.9 Å². The monoisotopic (exact) mass is 531 g/mol. The SMILES string of the molecule is COC(=O)C1=C(C)N=c2sc(=C3C(=O)N(C(C)=O)c4ccccc43)c(=O)n2[C@@H]1c1ccc(OC(C)=O)cc1. The number of carbonyl (C=O) groups is 4. The average Bonchev–Trinajstić information content (AvgIpc) is 3.35. The molecule has 0 fully saturated rings. The molecule has 0 aliphatic carbocycles. The topological polar surface area (TPSA) is 124 Å². The molecule has 5 rings (SSSR count). The summed E-state index contributed by atoms with van der Waals surface area (Å²) in [7, 11) is 1.24. The van der Waals surface area contributed by atoms with E-state index in [1.807, 2.05) is 0 Å². The Morgan fingerprint density at radius 1 is 1.00 bits per heavy atom. The zero-order valence-electron chi connectivity index (χ0n) is 20.8.